The van der Waals surface area contributed by atoms with Crippen LogP contribution < -0.4 is 4.72 Å². The van der Waals surface area contributed by atoms with E-state index in [0.717, 1.165) is 16.7 Å². The summed E-state index contributed by atoms with van der Waals surface area (Å²) >= 11 is 0. The molecule has 0 aliphatic carbocycles. The third-order valence-electron chi connectivity index (χ3n) is 3.35. The maximum absolute atomic E-state index is 12.5. The van der Waals surface area contributed by atoms with Gasteiger partial charge in [-0.1, -0.05) is 32.9 Å². The molecule has 0 amide bonds. The van der Waals surface area contributed by atoms with Gasteiger partial charge in [-0.05, 0) is 42.9 Å². The number of nitrogens with zero attached hydrogens (tertiary/aromatic N) is 1. The maximum atomic E-state index is 12.5. The third-order valence-corrected chi connectivity index (χ3v) is 5.24. The van der Waals surface area contributed by atoms with Crippen molar-refractivity contribution in [2.24, 2.45) is 0 Å². The van der Waals surface area contributed by atoms with Gasteiger partial charge in [0.25, 0.3) is 0 Å². The molecule has 0 saturated heterocycles. The summed E-state index contributed by atoms with van der Waals surface area (Å²) in [4.78, 5) is 0.320. The van der Waals surface area contributed by atoms with Crippen molar-refractivity contribution >= 4 is 10.0 Å². The molecule has 4 nitrogen and oxygen atoms in total. The average Bonchev–Trinajstić information content (AvgIpc) is 2.25. The number of sulfonamides is 1. The molecular weight excluding hydrogens is 284 g/mol. The Labute approximate surface area is 128 Å². The molecule has 0 radical (unpaired) electrons. The first-order chi connectivity index (χ1) is 9.49. The van der Waals surface area contributed by atoms with Crippen LogP contribution in [0.25, 0.3) is 0 Å². The summed E-state index contributed by atoms with van der Waals surface area (Å²) in [5.74, 6) is 0. The van der Waals surface area contributed by atoms with E-state index in [-0.39, 0.29) is 11.8 Å². The number of rotatable bonds is 4. The summed E-state index contributed by atoms with van der Waals surface area (Å²) in [7, 11) is -3.61. The van der Waals surface area contributed by atoms with Crippen molar-refractivity contribution in [2.45, 2.75) is 64.3 Å². The molecule has 0 unspecified atom stereocenters. The van der Waals surface area contributed by atoms with Crippen molar-refractivity contribution in [3.8, 4) is 6.07 Å². The largest absolute Gasteiger partial charge is 0.241 e. The first-order valence-electron chi connectivity index (χ1n) is 7.00. The lowest BCUT2D eigenvalue weighted by molar-refractivity contribution is 0.560. The Morgan fingerprint density at radius 1 is 1.24 bits per heavy atom. The molecule has 21 heavy (non-hydrogen) atoms. The molecule has 116 valence electrons. The Morgan fingerprint density at radius 3 is 2.10 bits per heavy atom. The minimum absolute atomic E-state index is 0.0284. The number of hydrogen-bond acceptors (Lipinski definition) is 3. The SMILES string of the molecule is Cc1cc(C(C)(C)C)cc(C)c1S(=O)(=O)N[C@@H](C)CC#N. The Morgan fingerprint density at radius 2 is 1.71 bits per heavy atom. The Hall–Kier alpha value is -1.38. The molecule has 0 aliphatic heterocycles. The molecule has 1 aromatic carbocycles. The van der Waals surface area contributed by atoms with Gasteiger partial charge < -0.3 is 0 Å². The van der Waals surface area contributed by atoms with Crippen LogP contribution in [0.1, 0.15) is 50.8 Å². The van der Waals surface area contributed by atoms with Crippen molar-refractivity contribution in [1.29, 1.82) is 5.26 Å². The molecule has 0 aliphatic rings. The summed E-state index contributed by atoms with van der Waals surface area (Å²) in [6, 6.07) is 5.43. The van der Waals surface area contributed by atoms with Crippen LogP contribution in [0.2, 0.25) is 0 Å². The summed E-state index contributed by atoms with van der Waals surface area (Å²) in [6.45, 7) is 11.6. The van der Waals surface area contributed by atoms with Crippen molar-refractivity contribution < 1.29 is 8.42 Å². The highest BCUT2D eigenvalue weighted by Crippen LogP contribution is 2.29. The lowest BCUT2D eigenvalue weighted by Crippen LogP contribution is -2.33. The second-order valence-electron chi connectivity index (χ2n) is 6.57. The van der Waals surface area contributed by atoms with Crippen molar-refractivity contribution in [1.82, 2.24) is 4.72 Å². The number of nitrogens with one attached hydrogen (secondary N) is 1. The molecular formula is C16H24N2O2S. The van der Waals surface area contributed by atoms with E-state index < -0.39 is 16.1 Å². The molecule has 1 rings (SSSR count). The zero-order valence-electron chi connectivity index (χ0n) is 13.6. The molecule has 0 fully saturated rings. The smallest absolute Gasteiger partial charge is 0.207 e. The van der Waals surface area contributed by atoms with E-state index in [1.54, 1.807) is 6.92 Å². The Kier molecular flexibility index (Phi) is 5.19. The lowest BCUT2D eigenvalue weighted by atomic mass is 9.85. The second kappa shape index (κ2) is 6.17. The van der Waals surface area contributed by atoms with Crippen LogP contribution in [0, 0.1) is 25.2 Å². The highest BCUT2D eigenvalue weighted by molar-refractivity contribution is 7.89. The van der Waals surface area contributed by atoms with E-state index in [1.807, 2.05) is 32.0 Å². The number of hydrogen-bond donors (Lipinski definition) is 1. The first kappa shape index (κ1) is 17.7. The van der Waals surface area contributed by atoms with Crippen LogP contribution in [0.4, 0.5) is 0 Å². The molecule has 5 heteroatoms. The molecule has 0 bridgehead atoms. The average molecular weight is 308 g/mol. The van der Waals surface area contributed by atoms with Crippen LogP contribution in [0.15, 0.2) is 17.0 Å². The first-order valence-corrected chi connectivity index (χ1v) is 8.48. The van der Waals surface area contributed by atoms with Gasteiger partial charge in [-0.2, -0.15) is 5.26 Å². The fourth-order valence-electron chi connectivity index (χ4n) is 2.31. The predicted octanol–water partition coefficient (Wildman–Crippen LogP) is 3.18. The molecule has 1 N–H and O–H groups in total. The second-order valence-corrected chi connectivity index (χ2v) is 8.22. The normalized spacial score (nSPS) is 13.8. The maximum Gasteiger partial charge on any atom is 0.241 e. The van der Waals surface area contributed by atoms with Gasteiger partial charge in [0.2, 0.25) is 10.0 Å². The van der Waals surface area contributed by atoms with E-state index in [9.17, 15) is 8.42 Å². The highest BCUT2D eigenvalue weighted by Gasteiger charge is 2.24. The predicted molar refractivity (Wildman–Crippen MR) is 84.6 cm³/mol. The molecule has 1 aromatic rings. The van der Waals surface area contributed by atoms with Crippen LogP contribution in [-0.4, -0.2) is 14.5 Å². The molecule has 0 spiro atoms. The number of aryl methyl sites for hydroxylation is 2. The summed E-state index contributed by atoms with van der Waals surface area (Å²) in [6.07, 6.45) is 0.150. The van der Waals surface area contributed by atoms with Gasteiger partial charge in [-0.15, -0.1) is 0 Å². The monoisotopic (exact) mass is 308 g/mol. The zero-order valence-corrected chi connectivity index (χ0v) is 14.4. The van der Waals surface area contributed by atoms with Crippen LogP contribution in [0.5, 0.6) is 0 Å². The standard InChI is InChI=1S/C16H24N2O2S/c1-11-9-14(16(4,5)6)10-12(2)15(11)21(19,20)18-13(3)7-8-17/h9-10,13,18H,7H2,1-6H3/t13-/m0/s1. The fraction of sp³-hybridized carbons (Fsp3) is 0.562. The van der Waals surface area contributed by atoms with Gasteiger partial charge in [0.15, 0.2) is 0 Å². The van der Waals surface area contributed by atoms with Gasteiger partial charge in [0.05, 0.1) is 17.4 Å². The van der Waals surface area contributed by atoms with E-state index in [0.29, 0.717) is 4.90 Å². The minimum atomic E-state index is -3.61. The van der Waals surface area contributed by atoms with Crippen molar-refractivity contribution in [2.75, 3.05) is 0 Å². The Bertz CT molecular complexity index is 641. The van der Waals surface area contributed by atoms with Gasteiger partial charge in [0, 0.05) is 6.04 Å². The highest BCUT2D eigenvalue weighted by atomic mass is 32.2. The Balaban J connectivity index is 3.29. The van der Waals surface area contributed by atoms with Gasteiger partial charge in [-0.3, -0.25) is 0 Å². The summed E-state index contributed by atoms with van der Waals surface area (Å²) < 4.78 is 27.6. The van der Waals surface area contributed by atoms with Gasteiger partial charge in [0.1, 0.15) is 0 Å². The minimum Gasteiger partial charge on any atom is -0.207 e. The van der Waals surface area contributed by atoms with E-state index in [4.69, 9.17) is 5.26 Å². The van der Waals surface area contributed by atoms with E-state index >= 15 is 0 Å². The van der Waals surface area contributed by atoms with Crippen molar-refractivity contribution in [3.05, 3.63) is 28.8 Å². The van der Waals surface area contributed by atoms with E-state index in [2.05, 4.69) is 25.5 Å². The fourth-order valence-corrected chi connectivity index (χ4v) is 4.01. The van der Waals surface area contributed by atoms with Crippen molar-refractivity contribution in [3.63, 3.8) is 0 Å². The topological polar surface area (TPSA) is 70.0 Å². The number of nitriles is 1. The molecule has 0 heterocycles. The zero-order chi connectivity index (χ0) is 16.4. The molecule has 1 atom stereocenters. The van der Waals surface area contributed by atoms with E-state index in [1.165, 1.54) is 0 Å². The summed E-state index contributed by atoms with van der Waals surface area (Å²) in [5.41, 5.74) is 2.55. The number of benzene rings is 1. The van der Waals surface area contributed by atoms with Gasteiger partial charge in [-0.25, -0.2) is 13.1 Å². The van der Waals surface area contributed by atoms with Crippen LogP contribution in [0.3, 0.4) is 0 Å². The van der Waals surface area contributed by atoms with Crippen LogP contribution in [-0.2, 0) is 15.4 Å². The van der Waals surface area contributed by atoms with Gasteiger partial charge >= 0.3 is 0 Å². The quantitative estimate of drug-likeness (QED) is 0.928. The lowest BCUT2D eigenvalue weighted by Gasteiger charge is -2.23. The van der Waals surface area contributed by atoms with Crippen LogP contribution >= 0.6 is 0 Å². The molecule has 0 saturated carbocycles. The summed E-state index contributed by atoms with van der Waals surface area (Å²) in [5, 5.41) is 8.65. The molecule has 0 aromatic heterocycles. The third kappa shape index (κ3) is 4.29.